The summed E-state index contributed by atoms with van der Waals surface area (Å²) >= 11 is 0. The van der Waals surface area contributed by atoms with Gasteiger partial charge >= 0.3 is 6.18 Å². The van der Waals surface area contributed by atoms with Crippen LogP contribution in [0.15, 0.2) is 18.2 Å². The second-order valence-corrected chi connectivity index (χ2v) is 4.72. The summed E-state index contributed by atoms with van der Waals surface area (Å²) in [6.45, 7) is 3.78. The predicted molar refractivity (Wildman–Crippen MR) is 70.6 cm³/mol. The van der Waals surface area contributed by atoms with Crippen molar-refractivity contribution in [2.75, 3.05) is 6.61 Å². The molecule has 0 fully saturated rings. The molecule has 1 aromatic carbocycles. The van der Waals surface area contributed by atoms with Gasteiger partial charge in [-0.15, -0.1) is 0 Å². The van der Waals surface area contributed by atoms with E-state index in [2.05, 4.69) is 0 Å². The minimum atomic E-state index is -4.39. The van der Waals surface area contributed by atoms with Crippen LogP contribution in [0.25, 0.3) is 0 Å². The number of alkyl halides is 3. The molecule has 2 atom stereocenters. The van der Waals surface area contributed by atoms with Crippen molar-refractivity contribution in [3.63, 3.8) is 0 Å². The number of ether oxygens (including phenoxy) is 1. The molecule has 1 aromatic rings. The van der Waals surface area contributed by atoms with Crippen LogP contribution >= 0.6 is 0 Å². The summed E-state index contributed by atoms with van der Waals surface area (Å²) in [6.07, 6.45) is -4.57. The largest absolute Gasteiger partial charge is 0.494 e. The van der Waals surface area contributed by atoms with Gasteiger partial charge in [-0.2, -0.15) is 13.2 Å². The zero-order chi connectivity index (χ0) is 15.3. The SMILES string of the molecule is CCOc1ccc(C(F)(F)F)cc1CCC(O)C(C)N. The number of aryl methyl sites for hydroxylation is 1. The molecular weight excluding hydrogens is 271 g/mol. The van der Waals surface area contributed by atoms with Gasteiger partial charge in [-0.05, 0) is 50.5 Å². The second kappa shape index (κ2) is 6.95. The molecule has 0 spiro atoms. The van der Waals surface area contributed by atoms with E-state index in [9.17, 15) is 18.3 Å². The lowest BCUT2D eigenvalue weighted by Gasteiger charge is -2.17. The van der Waals surface area contributed by atoms with E-state index in [1.54, 1.807) is 13.8 Å². The minimum Gasteiger partial charge on any atom is -0.494 e. The molecule has 0 aliphatic carbocycles. The molecule has 0 amide bonds. The first-order valence-electron chi connectivity index (χ1n) is 6.52. The lowest BCUT2D eigenvalue weighted by Crippen LogP contribution is -2.31. The molecule has 0 aliphatic rings. The Bertz CT molecular complexity index is 433. The molecule has 6 heteroatoms. The maximum atomic E-state index is 12.7. The molecule has 2 unspecified atom stereocenters. The number of nitrogens with two attached hydrogens (primary N) is 1. The van der Waals surface area contributed by atoms with E-state index in [1.807, 2.05) is 0 Å². The monoisotopic (exact) mass is 291 g/mol. The van der Waals surface area contributed by atoms with Gasteiger partial charge < -0.3 is 15.6 Å². The topological polar surface area (TPSA) is 55.5 Å². The van der Waals surface area contributed by atoms with Crippen LogP contribution in [0.2, 0.25) is 0 Å². The third-order valence-corrected chi connectivity index (χ3v) is 3.00. The average molecular weight is 291 g/mol. The molecule has 0 radical (unpaired) electrons. The highest BCUT2D eigenvalue weighted by Gasteiger charge is 2.31. The van der Waals surface area contributed by atoms with Crippen molar-refractivity contribution in [3.8, 4) is 5.75 Å². The molecule has 1 rings (SSSR count). The zero-order valence-electron chi connectivity index (χ0n) is 11.6. The van der Waals surface area contributed by atoms with E-state index in [1.165, 1.54) is 6.07 Å². The fraction of sp³-hybridized carbons (Fsp3) is 0.571. The van der Waals surface area contributed by atoms with Crippen molar-refractivity contribution in [3.05, 3.63) is 29.3 Å². The van der Waals surface area contributed by atoms with Gasteiger partial charge in [0.25, 0.3) is 0 Å². The van der Waals surface area contributed by atoms with Gasteiger partial charge in [-0.1, -0.05) is 0 Å². The van der Waals surface area contributed by atoms with Crippen molar-refractivity contribution >= 4 is 0 Å². The van der Waals surface area contributed by atoms with Crippen LogP contribution in [0.1, 0.15) is 31.4 Å². The molecule has 114 valence electrons. The number of aliphatic hydroxyl groups excluding tert-OH is 1. The Morgan fingerprint density at radius 2 is 2.00 bits per heavy atom. The molecule has 0 heterocycles. The molecular formula is C14H20F3NO2. The Hall–Kier alpha value is -1.27. The highest BCUT2D eigenvalue weighted by Crippen LogP contribution is 2.33. The van der Waals surface area contributed by atoms with Gasteiger partial charge in [0.1, 0.15) is 5.75 Å². The number of aliphatic hydroxyl groups is 1. The molecule has 0 aromatic heterocycles. The summed E-state index contributed by atoms with van der Waals surface area (Å²) in [5.41, 5.74) is 5.25. The first kappa shape index (κ1) is 16.8. The van der Waals surface area contributed by atoms with E-state index in [4.69, 9.17) is 10.5 Å². The van der Waals surface area contributed by atoms with Crippen LogP contribution in [-0.2, 0) is 12.6 Å². The van der Waals surface area contributed by atoms with Gasteiger partial charge in [-0.3, -0.25) is 0 Å². The van der Waals surface area contributed by atoms with E-state index in [-0.39, 0.29) is 6.42 Å². The molecule has 0 bridgehead atoms. The van der Waals surface area contributed by atoms with Crippen molar-refractivity contribution < 1.29 is 23.0 Å². The quantitative estimate of drug-likeness (QED) is 0.847. The van der Waals surface area contributed by atoms with E-state index in [0.29, 0.717) is 24.3 Å². The van der Waals surface area contributed by atoms with Gasteiger partial charge in [0, 0.05) is 6.04 Å². The number of hydrogen-bond donors (Lipinski definition) is 2. The van der Waals surface area contributed by atoms with Crippen molar-refractivity contribution in [1.29, 1.82) is 0 Å². The minimum absolute atomic E-state index is 0.280. The molecule has 3 nitrogen and oxygen atoms in total. The molecule has 3 N–H and O–H groups in total. The van der Waals surface area contributed by atoms with Crippen LogP contribution in [0, 0.1) is 0 Å². The van der Waals surface area contributed by atoms with Crippen LogP contribution in [0.3, 0.4) is 0 Å². The Kier molecular flexibility index (Phi) is 5.83. The van der Waals surface area contributed by atoms with Crippen LogP contribution in [-0.4, -0.2) is 23.9 Å². The van der Waals surface area contributed by atoms with Crippen molar-refractivity contribution in [1.82, 2.24) is 0 Å². The van der Waals surface area contributed by atoms with E-state index in [0.717, 1.165) is 12.1 Å². The number of hydrogen-bond acceptors (Lipinski definition) is 3. The normalized spacial score (nSPS) is 14.9. The van der Waals surface area contributed by atoms with Crippen LogP contribution in [0.4, 0.5) is 13.2 Å². The summed E-state index contributed by atoms with van der Waals surface area (Å²) in [5.74, 6) is 0.414. The lowest BCUT2D eigenvalue weighted by atomic mass is 10.0. The van der Waals surface area contributed by atoms with E-state index >= 15 is 0 Å². The number of benzene rings is 1. The maximum absolute atomic E-state index is 12.7. The van der Waals surface area contributed by atoms with Gasteiger partial charge in [0.2, 0.25) is 0 Å². The summed E-state index contributed by atoms with van der Waals surface area (Å²) in [5, 5.41) is 9.65. The van der Waals surface area contributed by atoms with Crippen molar-refractivity contribution in [2.24, 2.45) is 5.73 Å². The molecule has 20 heavy (non-hydrogen) atoms. The summed E-state index contributed by atoms with van der Waals surface area (Å²) in [7, 11) is 0. The fourth-order valence-corrected chi connectivity index (χ4v) is 1.81. The predicted octanol–water partition coefficient (Wildman–Crippen LogP) is 2.74. The zero-order valence-corrected chi connectivity index (χ0v) is 11.6. The number of rotatable bonds is 6. The second-order valence-electron chi connectivity index (χ2n) is 4.72. The first-order valence-corrected chi connectivity index (χ1v) is 6.52. The van der Waals surface area contributed by atoms with Crippen molar-refractivity contribution in [2.45, 2.75) is 45.0 Å². The fourth-order valence-electron chi connectivity index (χ4n) is 1.81. The summed E-state index contributed by atoms with van der Waals surface area (Å²) < 4.78 is 43.4. The third-order valence-electron chi connectivity index (χ3n) is 3.00. The highest BCUT2D eigenvalue weighted by atomic mass is 19.4. The van der Waals surface area contributed by atoms with Crippen LogP contribution < -0.4 is 10.5 Å². The highest BCUT2D eigenvalue weighted by molar-refractivity contribution is 5.38. The van der Waals surface area contributed by atoms with Gasteiger partial charge in [0.05, 0.1) is 18.3 Å². The Labute approximate surface area is 116 Å². The Balaban J connectivity index is 2.94. The standard InChI is InChI=1S/C14H20F3NO2/c1-3-20-13-7-5-11(14(15,16)17)8-10(13)4-6-12(19)9(2)18/h5,7-9,12,19H,3-4,6,18H2,1-2H3. The lowest BCUT2D eigenvalue weighted by molar-refractivity contribution is -0.137. The Morgan fingerprint density at radius 3 is 2.50 bits per heavy atom. The molecule has 0 aliphatic heterocycles. The maximum Gasteiger partial charge on any atom is 0.416 e. The third kappa shape index (κ3) is 4.68. The molecule has 0 saturated carbocycles. The van der Waals surface area contributed by atoms with Gasteiger partial charge in [0.15, 0.2) is 0 Å². The average Bonchev–Trinajstić information content (AvgIpc) is 2.36. The summed E-state index contributed by atoms with van der Waals surface area (Å²) in [6, 6.07) is 2.96. The van der Waals surface area contributed by atoms with E-state index < -0.39 is 23.9 Å². The first-order chi connectivity index (χ1) is 9.25. The van der Waals surface area contributed by atoms with Crippen LogP contribution in [0.5, 0.6) is 5.75 Å². The van der Waals surface area contributed by atoms with Gasteiger partial charge in [-0.25, -0.2) is 0 Å². The molecule has 0 saturated heterocycles. The number of halogens is 3. The summed E-state index contributed by atoms with van der Waals surface area (Å²) in [4.78, 5) is 0. The Morgan fingerprint density at radius 1 is 1.35 bits per heavy atom. The smallest absolute Gasteiger partial charge is 0.416 e.